The van der Waals surface area contributed by atoms with Crippen molar-refractivity contribution in [3.05, 3.63) is 102 Å². The van der Waals surface area contributed by atoms with Crippen LogP contribution in [0.2, 0.25) is 0 Å². The number of hydrogen-bond acceptors (Lipinski definition) is 5. The molecule has 0 atom stereocenters. The second-order valence-corrected chi connectivity index (χ2v) is 9.78. The minimum Gasteiger partial charge on any atom is -0.497 e. The van der Waals surface area contributed by atoms with Gasteiger partial charge in [-0.25, -0.2) is 0 Å². The van der Waals surface area contributed by atoms with E-state index in [-0.39, 0.29) is 24.8 Å². The van der Waals surface area contributed by atoms with E-state index in [2.05, 4.69) is 40.7 Å². The van der Waals surface area contributed by atoms with Gasteiger partial charge in [0.1, 0.15) is 17.4 Å². The SMILES string of the molecule is CCCNCC(=O)NCC(=N)N(Cc1ccc(OC)cc1)C(=N)CCc1ccccc1.Cc1c[nH]c2ccccc12. The Labute approximate surface area is 243 Å². The quantitative estimate of drug-likeness (QED) is 0.0880. The van der Waals surface area contributed by atoms with Crippen LogP contribution in [0, 0.1) is 17.7 Å². The summed E-state index contributed by atoms with van der Waals surface area (Å²) in [5.74, 6) is 1.15. The molecule has 0 aliphatic carbocycles. The van der Waals surface area contributed by atoms with Crippen LogP contribution in [-0.4, -0.2) is 54.2 Å². The van der Waals surface area contributed by atoms with E-state index >= 15 is 0 Å². The van der Waals surface area contributed by atoms with Crippen molar-refractivity contribution in [2.75, 3.05) is 26.7 Å². The molecule has 0 bridgehead atoms. The molecule has 8 nitrogen and oxygen atoms in total. The third-order valence-corrected chi connectivity index (χ3v) is 6.61. The highest BCUT2D eigenvalue weighted by molar-refractivity contribution is 6.00. The third kappa shape index (κ3) is 10.2. The molecule has 4 aromatic rings. The van der Waals surface area contributed by atoms with Crippen LogP contribution in [0.5, 0.6) is 5.75 Å². The fourth-order valence-corrected chi connectivity index (χ4v) is 4.25. The molecule has 216 valence electrons. The Balaban J connectivity index is 0.000000382. The Morgan fingerprint density at radius 2 is 1.61 bits per heavy atom. The van der Waals surface area contributed by atoms with E-state index in [1.54, 1.807) is 12.0 Å². The molecule has 8 heteroatoms. The molecular weight excluding hydrogens is 512 g/mol. The number of benzene rings is 3. The minimum atomic E-state index is -0.154. The Kier molecular flexibility index (Phi) is 12.6. The van der Waals surface area contributed by atoms with Gasteiger partial charge in [0.2, 0.25) is 5.91 Å². The van der Waals surface area contributed by atoms with Gasteiger partial charge in [-0.2, -0.15) is 0 Å². The molecule has 0 unspecified atom stereocenters. The van der Waals surface area contributed by atoms with Crippen molar-refractivity contribution in [1.29, 1.82) is 10.8 Å². The van der Waals surface area contributed by atoms with Crippen molar-refractivity contribution in [2.45, 2.75) is 39.7 Å². The van der Waals surface area contributed by atoms with Crippen molar-refractivity contribution in [3.8, 4) is 5.75 Å². The number of hydrogen-bond donors (Lipinski definition) is 5. The number of H-pyrrole nitrogens is 1. The van der Waals surface area contributed by atoms with Crippen molar-refractivity contribution >= 4 is 28.5 Å². The van der Waals surface area contributed by atoms with Crippen molar-refractivity contribution in [2.24, 2.45) is 0 Å². The lowest BCUT2D eigenvalue weighted by Gasteiger charge is -2.26. The fourth-order valence-electron chi connectivity index (χ4n) is 4.25. The molecule has 1 heterocycles. The molecule has 0 saturated carbocycles. The van der Waals surface area contributed by atoms with Crippen LogP contribution >= 0.6 is 0 Å². The van der Waals surface area contributed by atoms with Gasteiger partial charge < -0.3 is 25.3 Å². The first-order chi connectivity index (χ1) is 19.9. The lowest BCUT2D eigenvalue weighted by molar-refractivity contribution is -0.120. The van der Waals surface area contributed by atoms with Crippen LogP contribution < -0.4 is 15.4 Å². The molecule has 4 rings (SSSR count). The molecule has 41 heavy (non-hydrogen) atoms. The van der Waals surface area contributed by atoms with E-state index < -0.39 is 0 Å². The van der Waals surface area contributed by atoms with Crippen LogP contribution in [0.3, 0.4) is 0 Å². The van der Waals surface area contributed by atoms with Gasteiger partial charge in [0.15, 0.2) is 0 Å². The highest BCUT2D eigenvalue weighted by atomic mass is 16.5. The number of fused-ring (bicyclic) bond motifs is 1. The molecular formula is C33H42N6O2. The monoisotopic (exact) mass is 554 g/mol. The molecule has 0 aliphatic rings. The number of para-hydroxylation sites is 1. The van der Waals surface area contributed by atoms with Gasteiger partial charge in [-0.1, -0.05) is 67.6 Å². The molecule has 0 fully saturated rings. The van der Waals surface area contributed by atoms with Gasteiger partial charge in [-0.05, 0) is 61.2 Å². The first kappa shape index (κ1) is 31.1. The number of rotatable bonds is 12. The molecule has 0 aliphatic heterocycles. The number of carbonyl (C=O) groups is 1. The summed E-state index contributed by atoms with van der Waals surface area (Å²) in [5.41, 5.74) is 4.65. The van der Waals surface area contributed by atoms with Crippen LogP contribution in [0.25, 0.3) is 10.9 Å². The predicted octanol–water partition coefficient (Wildman–Crippen LogP) is 5.68. The van der Waals surface area contributed by atoms with E-state index in [1.807, 2.05) is 73.8 Å². The summed E-state index contributed by atoms with van der Waals surface area (Å²) in [6.45, 7) is 5.62. The minimum absolute atomic E-state index is 0.0799. The lowest BCUT2D eigenvalue weighted by atomic mass is 10.1. The molecule has 0 spiro atoms. The molecule has 1 amide bonds. The van der Waals surface area contributed by atoms with Crippen LogP contribution in [-0.2, 0) is 17.8 Å². The van der Waals surface area contributed by atoms with Gasteiger partial charge in [0.05, 0.1) is 26.7 Å². The fraction of sp³-hybridized carbons (Fsp3) is 0.303. The van der Waals surface area contributed by atoms with Crippen LogP contribution in [0.4, 0.5) is 0 Å². The number of nitrogens with one attached hydrogen (secondary N) is 5. The Bertz CT molecular complexity index is 1380. The summed E-state index contributed by atoms with van der Waals surface area (Å²) in [4.78, 5) is 16.8. The van der Waals surface area contributed by atoms with E-state index in [0.29, 0.717) is 18.8 Å². The first-order valence-electron chi connectivity index (χ1n) is 14.0. The second-order valence-electron chi connectivity index (χ2n) is 9.78. The highest BCUT2D eigenvalue weighted by Gasteiger charge is 2.17. The zero-order valence-corrected chi connectivity index (χ0v) is 24.3. The van der Waals surface area contributed by atoms with Crippen LogP contribution in [0.1, 0.15) is 36.5 Å². The van der Waals surface area contributed by atoms with Gasteiger partial charge in [0, 0.05) is 23.5 Å². The summed E-state index contributed by atoms with van der Waals surface area (Å²) < 4.78 is 5.21. The normalized spacial score (nSPS) is 10.4. The van der Waals surface area contributed by atoms with E-state index in [4.69, 9.17) is 15.6 Å². The Morgan fingerprint density at radius 1 is 0.902 bits per heavy atom. The summed E-state index contributed by atoms with van der Waals surface area (Å²) in [5, 5.41) is 24.3. The molecule has 3 aromatic carbocycles. The number of aryl methyl sites for hydroxylation is 2. The third-order valence-electron chi connectivity index (χ3n) is 6.61. The number of methoxy groups -OCH3 is 1. The number of aromatic nitrogens is 1. The van der Waals surface area contributed by atoms with Crippen molar-refractivity contribution < 1.29 is 9.53 Å². The summed E-state index contributed by atoms with van der Waals surface area (Å²) in [6, 6.07) is 25.9. The summed E-state index contributed by atoms with van der Waals surface area (Å²) in [6.07, 6.45) is 4.22. The average molecular weight is 555 g/mol. The topological polar surface area (TPSA) is 117 Å². The van der Waals surface area contributed by atoms with Crippen LogP contribution in [0.15, 0.2) is 85.1 Å². The van der Waals surface area contributed by atoms with E-state index in [0.717, 1.165) is 36.3 Å². The maximum atomic E-state index is 12.0. The molecule has 5 N–H and O–H groups in total. The Morgan fingerprint density at radius 3 is 2.29 bits per heavy atom. The Hall–Kier alpha value is -4.43. The van der Waals surface area contributed by atoms with Gasteiger partial charge in [-0.15, -0.1) is 0 Å². The van der Waals surface area contributed by atoms with E-state index in [9.17, 15) is 4.79 Å². The largest absolute Gasteiger partial charge is 0.497 e. The van der Waals surface area contributed by atoms with Crippen molar-refractivity contribution in [1.82, 2.24) is 20.5 Å². The summed E-state index contributed by atoms with van der Waals surface area (Å²) >= 11 is 0. The van der Waals surface area contributed by atoms with Gasteiger partial charge in [0.25, 0.3) is 0 Å². The average Bonchev–Trinajstić information content (AvgIpc) is 3.39. The van der Waals surface area contributed by atoms with E-state index in [1.165, 1.54) is 16.5 Å². The zero-order valence-electron chi connectivity index (χ0n) is 24.3. The number of aromatic amines is 1. The highest BCUT2D eigenvalue weighted by Crippen LogP contribution is 2.16. The van der Waals surface area contributed by atoms with Gasteiger partial charge in [-0.3, -0.25) is 15.6 Å². The summed E-state index contributed by atoms with van der Waals surface area (Å²) in [7, 11) is 1.62. The van der Waals surface area contributed by atoms with Gasteiger partial charge >= 0.3 is 0 Å². The molecule has 0 radical (unpaired) electrons. The number of amides is 1. The smallest absolute Gasteiger partial charge is 0.234 e. The number of carbonyl (C=O) groups excluding carboxylic acids is 1. The number of amidine groups is 2. The first-order valence-corrected chi connectivity index (χ1v) is 14.0. The standard InChI is InChI=1S/C24H33N5O2.C9H9N/c1-3-15-27-17-24(30)28-16-23(26)29(18-20-9-12-21(31-2)13-10-20)22(25)14-11-19-7-5-4-6-8-19;1-7-6-10-9-5-3-2-4-8(7)9/h4-10,12-13,25-27H,3,11,14-18H2,1-2H3,(H,28,30);2-6,10H,1H3. The second kappa shape index (κ2) is 16.6. The maximum Gasteiger partial charge on any atom is 0.234 e. The number of ether oxygens (including phenoxy) is 1. The van der Waals surface area contributed by atoms with Crippen molar-refractivity contribution in [3.63, 3.8) is 0 Å². The zero-order chi connectivity index (χ0) is 29.5. The maximum absolute atomic E-state index is 12.0. The number of nitrogens with zero attached hydrogens (tertiary/aromatic N) is 1. The molecule has 1 aromatic heterocycles. The lowest BCUT2D eigenvalue weighted by Crippen LogP contribution is -2.44. The molecule has 0 saturated heterocycles. The predicted molar refractivity (Wildman–Crippen MR) is 168 cm³/mol.